The lowest BCUT2D eigenvalue weighted by atomic mass is 10.1. The first kappa shape index (κ1) is 16.5. The molecule has 0 fully saturated rings. The van der Waals surface area contributed by atoms with Crippen LogP contribution in [0.15, 0.2) is 24.3 Å². The molecule has 3 N–H and O–H groups in total. The first-order valence-corrected chi connectivity index (χ1v) is 6.37. The molecule has 0 bridgehead atoms. The third-order valence-corrected chi connectivity index (χ3v) is 2.85. The summed E-state index contributed by atoms with van der Waals surface area (Å²) in [7, 11) is 0. The lowest BCUT2D eigenvalue weighted by Crippen LogP contribution is -2.28. The molecular weight excluding hydrogens is 278 g/mol. The van der Waals surface area contributed by atoms with Crippen molar-refractivity contribution in [3.05, 3.63) is 29.8 Å². The van der Waals surface area contributed by atoms with Crippen LogP contribution in [0.5, 0.6) is 0 Å². The van der Waals surface area contributed by atoms with Gasteiger partial charge < -0.3 is 20.2 Å². The van der Waals surface area contributed by atoms with Crippen LogP contribution in [-0.4, -0.2) is 46.3 Å². The molecule has 0 aliphatic rings. The summed E-state index contributed by atoms with van der Waals surface area (Å²) >= 11 is 0. The summed E-state index contributed by atoms with van der Waals surface area (Å²) < 4.78 is 0. The van der Waals surface area contributed by atoms with Gasteiger partial charge in [0.25, 0.3) is 0 Å². The second kappa shape index (κ2) is 7.88. The normalized spacial score (nSPS) is 10.1. The standard InChI is InChI=1S/C14H17NO6/c16-12(17)5-7-15(8-6-13(18)19)11-3-1-10(2-4-11)9-14(20)21/h1-4H,5-9H2,(H,16,17)(H,18,19)(H,20,21). The lowest BCUT2D eigenvalue weighted by molar-refractivity contribution is -0.137. The number of benzene rings is 1. The fraction of sp³-hybridized carbons (Fsp3) is 0.357. The average Bonchev–Trinajstić information content (AvgIpc) is 2.39. The predicted molar refractivity (Wildman–Crippen MR) is 74.5 cm³/mol. The minimum atomic E-state index is -0.960. The van der Waals surface area contributed by atoms with Crippen molar-refractivity contribution in [3.8, 4) is 0 Å². The van der Waals surface area contributed by atoms with Crippen LogP contribution in [0.4, 0.5) is 5.69 Å². The Morgan fingerprint density at radius 2 is 1.29 bits per heavy atom. The van der Waals surface area contributed by atoms with Crippen LogP contribution in [-0.2, 0) is 20.8 Å². The number of anilines is 1. The monoisotopic (exact) mass is 295 g/mol. The van der Waals surface area contributed by atoms with Gasteiger partial charge in [-0.2, -0.15) is 0 Å². The number of rotatable bonds is 9. The molecule has 21 heavy (non-hydrogen) atoms. The van der Waals surface area contributed by atoms with E-state index in [9.17, 15) is 14.4 Å². The smallest absolute Gasteiger partial charge is 0.307 e. The van der Waals surface area contributed by atoms with Crippen molar-refractivity contribution in [2.75, 3.05) is 18.0 Å². The van der Waals surface area contributed by atoms with Crippen molar-refractivity contribution in [2.24, 2.45) is 0 Å². The summed E-state index contributed by atoms with van der Waals surface area (Å²) in [5, 5.41) is 26.1. The molecule has 1 aromatic carbocycles. The maximum absolute atomic E-state index is 10.6. The van der Waals surface area contributed by atoms with Crippen molar-refractivity contribution < 1.29 is 29.7 Å². The number of hydrogen-bond acceptors (Lipinski definition) is 4. The average molecular weight is 295 g/mol. The highest BCUT2D eigenvalue weighted by Gasteiger charge is 2.11. The SMILES string of the molecule is O=C(O)CCN(CCC(=O)O)c1ccc(CC(=O)O)cc1. The fourth-order valence-electron chi connectivity index (χ4n) is 1.83. The van der Waals surface area contributed by atoms with Crippen LogP contribution in [0.25, 0.3) is 0 Å². The second-order valence-electron chi connectivity index (χ2n) is 4.51. The highest BCUT2D eigenvalue weighted by atomic mass is 16.4. The number of carboxylic acid groups (broad SMARTS) is 3. The van der Waals surface area contributed by atoms with E-state index in [4.69, 9.17) is 15.3 Å². The molecule has 0 amide bonds. The van der Waals surface area contributed by atoms with Gasteiger partial charge in [0.05, 0.1) is 19.3 Å². The highest BCUT2D eigenvalue weighted by molar-refractivity contribution is 5.71. The van der Waals surface area contributed by atoms with E-state index in [1.807, 2.05) is 0 Å². The van der Waals surface area contributed by atoms with Crippen LogP contribution in [0.1, 0.15) is 18.4 Å². The maximum Gasteiger partial charge on any atom is 0.307 e. The molecule has 0 aliphatic heterocycles. The van der Waals surface area contributed by atoms with Crippen molar-refractivity contribution in [1.29, 1.82) is 0 Å². The summed E-state index contributed by atoms with van der Waals surface area (Å²) in [6.07, 6.45) is -0.294. The zero-order valence-electron chi connectivity index (χ0n) is 11.4. The number of nitrogens with zero attached hydrogens (tertiary/aromatic N) is 1. The van der Waals surface area contributed by atoms with E-state index in [1.54, 1.807) is 29.2 Å². The number of aliphatic carboxylic acids is 3. The van der Waals surface area contributed by atoms with Crippen LogP contribution in [0, 0.1) is 0 Å². The zero-order chi connectivity index (χ0) is 15.8. The van der Waals surface area contributed by atoms with Crippen LogP contribution < -0.4 is 4.90 Å². The molecule has 0 saturated heterocycles. The minimum absolute atomic E-state index is 0.0927. The predicted octanol–water partition coefficient (Wildman–Crippen LogP) is 1.07. The summed E-state index contributed by atoms with van der Waals surface area (Å²) in [5.74, 6) is -2.85. The van der Waals surface area contributed by atoms with Gasteiger partial charge in [-0.15, -0.1) is 0 Å². The Bertz CT molecular complexity index is 493. The Labute approximate surface area is 121 Å². The quantitative estimate of drug-likeness (QED) is 0.624. The molecule has 0 aliphatic carbocycles. The van der Waals surface area contributed by atoms with E-state index in [-0.39, 0.29) is 32.4 Å². The molecule has 7 nitrogen and oxygen atoms in total. The molecule has 0 aromatic heterocycles. The Balaban J connectivity index is 2.77. The molecule has 0 unspecified atom stereocenters. The van der Waals surface area contributed by atoms with Gasteiger partial charge in [0.1, 0.15) is 0 Å². The Morgan fingerprint density at radius 3 is 1.67 bits per heavy atom. The first-order valence-electron chi connectivity index (χ1n) is 6.37. The molecule has 0 spiro atoms. The summed E-state index contributed by atoms with van der Waals surface area (Å²) in [4.78, 5) is 33.5. The molecule has 0 saturated carbocycles. The molecule has 0 radical (unpaired) electrons. The van der Waals surface area contributed by atoms with Crippen molar-refractivity contribution in [3.63, 3.8) is 0 Å². The third kappa shape index (κ3) is 6.42. The van der Waals surface area contributed by atoms with Crippen LogP contribution in [0.3, 0.4) is 0 Å². The van der Waals surface area contributed by atoms with E-state index in [0.29, 0.717) is 11.3 Å². The van der Waals surface area contributed by atoms with Crippen LogP contribution in [0.2, 0.25) is 0 Å². The van der Waals surface area contributed by atoms with Gasteiger partial charge in [0.15, 0.2) is 0 Å². The van der Waals surface area contributed by atoms with Gasteiger partial charge in [-0.05, 0) is 17.7 Å². The molecular formula is C14H17NO6. The van der Waals surface area contributed by atoms with Gasteiger partial charge in [-0.3, -0.25) is 14.4 Å². The Kier molecular flexibility index (Phi) is 6.19. The number of hydrogen-bond donors (Lipinski definition) is 3. The van der Waals surface area contributed by atoms with Crippen molar-refractivity contribution in [1.82, 2.24) is 0 Å². The molecule has 0 heterocycles. The molecule has 1 aromatic rings. The van der Waals surface area contributed by atoms with Gasteiger partial charge >= 0.3 is 17.9 Å². The van der Waals surface area contributed by atoms with Gasteiger partial charge in [0.2, 0.25) is 0 Å². The second-order valence-corrected chi connectivity index (χ2v) is 4.51. The zero-order valence-corrected chi connectivity index (χ0v) is 11.4. The summed E-state index contributed by atoms with van der Waals surface area (Å²) in [6.45, 7) is 0.391. The highest BCUT2D eigenvalue weighted by Crippen LogP contribution is 2.16. The molecule has 114 valence electrons. The van der Waals surface area contributed by atoms with E-state index in [1.165, 1.54) is 0 Å². The topological polar surface area (TPSA) is 115 Å². The maximum atomic E-state index is 10.6. The van der Waals surface area contributed by atoms with Gasteiger partial charge in [-0.25, -0.2) is 0 Å². The molecule has 0 atom stereocenters. The van der Waals surface area contributed by atoms with Gasteiger partial charge in [0, 0.05) is 18.8 Å². The van der Waals surface area contributed by atoms with E-state index >= 15 is 0 Å². The Morgan fingerprint density at radius 1 is 0.810 bits per heavy atom. The van der Waals surface area contributed by atoms with E-state index in [0.717, 1.165) is 0 Å². The van der Waals surface area contributed by atoms with Gasteiger partial charge in [-0.1, -0.05) is 12.1 Å². The Hall–Kier alpha value is -2.57. The van der Waals surface area contributed by atoms with E-state index in [2.05, 4.69) is 0 Å². The summed E-state index contributed by atoms with van der Waals surface area (Å²) in [6, 6.07) is 6.61. The third-order valence-electron chi connectivity index (χ3n) is 2.85. The largest absolute Gasteiger partial charge is 0.481 e. The number of carboxylic acids is 3. The van der Waals surface area contributed by atoms with Crippen molar-refractivity contribution in [2.45, 2.75) is 19.3 Å². The first-order chi connectivity index (χ1) is 9.88. The number of carbonyl (C=O) groups is 3. The van der Waals surface area contributed by atoms with Crippen molar-refractivity contribution >= 4 is 23.6 Å². The fourth-order valence-corrected chi connectivity index (χ4v) is 1.83. The minimum Gasteiger partial charge on any atom is -0.481 e. The molecule has 1 rings (SSSR count). The van der Waals surface area contributed by atoms with E-state index < -0.39 is 17.9 Å². The molecule has 7 heteroatoms. The van der Waals surface area contributed by atoms with Crippen LogP contribution >= 0.6 is 0 Å². The lowest BCUT2D eigenvalue weighted by Gasteiger charge is -2.23. The summed E-state index contributed by atoms with van der Waals surface area (Å²) in [5.41, 5.74) is 1.30.